The molecule has 180 valence electrons. The van der Waals surface area contributed by atoms with Gasteiger partial charge < -0.3 is 4.90 Å². The lowest BCUT2D eigenvalue weighted by Gasteiger charge is -2.32. The summed E-state index contributed by atoms with van der Waals surface area (Å²) in [6.45, 7) is 0.490. The van der Waals surface area contributed by atoms with Crippen molar-refractivity contribution in [3.63, 3.8) is 0 Å². The van der Waals surface area contributed by atoms with Gasteiger partial charge in [-0.15, -0.1) is 22.7 Å². The Morgan fingerprint density at radius 1 is 0.886 bits per heavy atom. The number of benzene rings is 1. The number of carbonyl (C=O) groups is 1. The predicted octanol–water partition coefficient (Wildman–Crippen LogP) is 4.75. The van der Waals surface area contributed by atoms with Crippen LogP contribution in [0.3, 0.4) is 0 Å². The van der Waals surface area contributed by atoms with Crippen molar-refractivity contribution in [2.24, 2.45) is 0 Å². The molecule has 1 aliphatic heterocycles. The third-order valence-corrected chi connectivity index (χ3v) is 10.1. The topological polar surface area (TPSA) is 88.5 Å². The van der Waals surface area contributed by atoms with Gasteiger partial charge in [0, 0.05) is 39.9 Å². The molecule has 1 N–H and O–H groups in total. The maximum absolute atomic E-state index is 13.2. The number of aromatic nitrogens is 1. The van der Waals surface area contributed by atoms with Gasteiger partial charge in [0.15, 0.2) is 0 Å². The number of hydrogen-bond acceptors (Lipinski definition) is 6. The molecular formula is C24H20ClN3O4S3. The second kappa shape index (κ2) is 9.71. The third kappa shape index (κ3) is 4.98. The zero-order valence-corrected chi connectivity index (χ0v) is 21.5. The molecule has 1 saturated heterocycles. The monoisotopic (exact) mass is 545 g/mol. The standard InChI is InChI=1S/C24H20ClN3O4S3/c25-21-12-10-19(33-21)20-11-13-23(34-20)35(31,32)26-18-4-3-15-28(24(18)30)17-8-6-16(7-9-17)27-14-2-1-5-22(27)29/h1-2,5-14,18,26H,3-4,15H2. The Morgan fingerprint density at radius 2 is 1.60 bits per heavy atom. The van der Waals surface area contributed by atoms with Crippen LogP contribution in [0.2, 0.25) is 4.34 Å². The Morgan fingerprint density at radius 3 is 2.31 bits per heavy atom. The molecule has 1 fully saturated rings. The molecule has 7 nitrogen and oxygen atoms in total. The van der Waals surface area contributed by atoms with E-state index in [2.05, 4.69) is 4.72 Å². The first-order valence-electron chi connectivity index (χ1n) is 10.8. The average Bonchev–Trinajstić information content (AvgIpc) is 3.51. The van der Waals surface area contributed by atoms with Crippen LogP contribution in [0.4, 0.5) is 5.69 Å². The molecule has 1 aliphatic rings. The van der Waals surface area contributed by atoms with Crippen LogP contribution < -0.4 is 15.2 Å². The minimum absolute atomic E-state index is 0.150. The molecule has 1 atom stereocenters. The van der Waals surface area contributed by atoms with Crippen LogP contribution >= 0.6 is 34.3 Å². The first-order valence-corrected chi connectivity index (χ1v) is 14.3. The fourth-order valence-electron chi connectivity index (χ4n) is 3.96. The molecule has 1 aromatic carbocycles. The van der Waals surface area contributed by atoms with Crippen LogP contribution in [-0.2, 0) is 14.8 Å². The van der Waals surface area contributed by atoms with Crippen LogP contribution in [0.1, 0.15) is 12.8 Å². The number of hydrogen-bond donors (Lipinski definition) is 1. The molecular weight excluding hydrogens is 526 g/mol. The highest BCUT2D eigenvalue weighted by molar-refractivity contribution is 7.91. The van der Waals surface area contributed by atoms with Crippen molar-refractivity contribution in [2.45, 2.75) is 23.1 Å². The molecule has 11 heteroatoms. The van der Waals surface area contributed by atoms with Gasteiger partial charge in [-0.3, -0.25) is 14.2 Å². The fraction of sp³-hybridized carbons (Fsp3) is 0.167. The lowest BCUT2D eigenvalue weighted by Crippen LogP contribution is -2.52. The first kappa shape index (κ1) is 24.0. The van der Waals surface area contributed by atoms with Gasteiger partial charge in [-0.1, -0.05) is 17.7 Å². The maximum atomic E-state index is 13.2. The van der Waals surface area contributed by atoms with E-state index in [0.717, 1.165) is 21.1 Å². The average molecular weight is 546 g/mol. The molecule has 4 aromatic rings. The molecule has 0 saturated carbocycles. The Labute approximate surface area is 215 Å². The number of nitrogens with one attached hydrogen (secondary N) is 1. The molecule has 0 aliphatic carbocycles. The second-order valence-electron chi connectivity index (χ2n) is 7.95. The number of piperidine rings is 1. The lowest BCUT2D eigenvalue weighted by molar-refractivity contribution is -0.121. The van der Waals surface area contributed by atoms with Gasteiger partial charge in [0.05, 0.1) is 4.34 Å². The highest BCUT2D eigenvalue weighted by atomic mass is 35.5. The van der Waals surface area contributed by atoms with Gasteiger partial charge in [0.25, 0.3) is 15.6 Å². The minimum atomic E-state index is -3.87. The van der Waals surface area contributed by atoms with Crippen LogP contribution in [0.5, 0.6) is 0 Å². The quantitative estimate of drug-likeness (QED) is 0.378. The number of halogens is 1. The predicted molar refractivity (Wildman–Crippen MR) is 140 cm³/mol. The van der Waals surface area contributed by atoms with E-state index in [9.17, 15) is 18.0 Å². The SMILES string of the molecule is O=C1C(NS(=O)(=O)c2ccc(-c3ccc(Cl)s3)s2)CCCN1c1ccc(-n2ccccc2=O)cc1. The lowest BCUT2D eigenvalue weighted by atomic mass is 10.0. The number of pyridine rings is 1. The summed E-state index contributed by atoms with van der Waals surface area (Å²) in [5.41, 5.74) is 1.18. The third-order valence-electron chi connectivity index (χ3n) is 5.66. The minimum Gasteiger partial charge on any atom is -0.311 e. The van der Waals surface area contributed by atoms with Crippen LogP contribution in [0.25, 0.3) is 15.4 Å². The largest absolute Gasteiger partial charge is 0.311 e. The Hall–Kier alpha value is -2.76. The van der Waals surface area contributed by atoms with E-state index in [0.29, 0.717) is 35.1 Å². The van der Waals surface area contributed by atoms with Crippen molar-refractivity contribution in [1.29, 1.82) is 0 Å². The van der Waals surface area contributed by atoms with Crippen molar-refractivity contribution >= 4 is 55.9 Å². The summed E-state index contributed by atoms with van der Waals surface area (Å²) in [6.07, 6.45) is 2.75. The zero-order valence-electron chi connectivity index (χ0n) is 18.3. The smallest absolute Gasteiger partial charge is 0.255 e. The summed E-state index contributed by atoms with van der Waals surface area (Å²) in [7, 11) is -3.87. The summed E-state index contributed by atoms with van der Waals surface area (Å²) in [5, 5.41) is 0. The normalized spacial score (nSPS) is 16.5. The highest BCUT2D eigenvalue weighted by Crippen LogP contribution is 2.37. The van der Waals surface area contributed by atoms with Crippen LogP contribution in [0, 0.1) is 0 Å². The van der Waals surface area contributed by atoms with E-state index in [1.807, 2.05) is 6.07 Å². The molecule has 0 radical (unpaired) electrons. The first-order chi connectivity index (χ1) is 16.8. The van der Waals surface area contributed by atoms with E-state index in [1.54, 1.807) is 65.7 Å². The summed E-state index contributed by atoms with van der Waals surface area (Å²) in [6, 6.07) is 18.0. The summed E-state index contributed by atoms with van der Waals surface area (Å²) >= 11 is 8.52. The van der Waals surface area contributed by atoms with Crippen molar-refractivity contribution < 1.29 is 13.2 Å². The van der Waals surface area contributed by atoms with E-state index in [1.165, 1.54) is 22.0 Å². The maximum Gasteiger partial charge on any atom is 0.255 e. The molecule has 4 heterocycles. The van der Waals surface area contributed by atoms with Crippen molar-refractivity contribution in [3.05, 3.63) is 87.6 Å². The number of carbonyl (C=O) groups excluding carboxylic acids is 1. The molecule has 1 unspecified atom stereocenters. The van der Waals surface area contributed by atoms with Gasteiger partial charge in [-0.2, -0.15) is 4.72 Å². The molecule has 5 rings (SSSR count). The van der Waals surface area contributed by atoms with Crippen molar-refractivity contribution in [3.8, 4) is 15.4 Å². The van der Waals surface area contributed by atoms with Gasteiger partial charge in [-0.25, -0.2) is 8.42 Å². The second-order valence-corrected chi connectivity index (χ2v) is 12.7. The summed E-state index contributed by atoms with van der Waals surface area (Å²) in [4.78, 5) is 28.5. The molecule has 35 heavy (non-hydrogen) atoms. The Kier molecular flexibility index (Phi) is 6.65. The van der Waals surface area contributed by atoms with Gasteiger partial charge in [0.1, 0.15) is 10.3 Å². The zero-order chi connectivity index (χ0) is 24.6. The van der Waals surface area contributed by atoms with E-state index in [-0.39, 0.29) is 15.7 Å². The Bertz CT molecular complexity index is 1540. The Balaban J connectivity index is 1.32. The number of thiophene rings is 2. The van der Waals surface area contributed by atoms with Crippen molar-refractivity contribution in [2.75, 3.05) is 11.4 Å². The molecule has 3 aromatic heterocycles. The number of rotatable bonds is 6. The van der Waals surface area contributed by atoms with Gasteiger partial charge >= 0.3 is 0 Å². The van der Waals surface area contributed by atoms with Crippen LogP contribution in [-0.4, -0.2) is 31.5 Å². The van der Waals surface area contributed by atoms with Crippen molar-refractivity contribution in [1.82, 2.24) is 9.29 Å². The fourth-order valence-corrected chi connectivity index (χ4v) is 7.64. The number of sulfonamides is 1. The highest BCUT2D eigenvalue weighted by Gasteiger charge is 2.33. The number of nitrogens with zero attached hydrogens (tertiary/aromatic N) is 2. The molecule has 0 spiro atoms. The van der Waals surface area contributed by atoms with Gasteiger partial charge in [0.2, 0.25) is 5.91 Å². The molecule has 0 bridgehead atoms. The summed E-state index contributed by atoms with van der Waals surface area (Å²) < 4.78 is 31.0. The van der Waals surface area contributed by atoms with Gasteiger partial charge in [-0.05, 0) is 67.4 Å². The summed E-state index contributed by atoms with van der Waals surface area (Å²) in [5.74, 6) is -0.300. The number of anilines is 1. The van der Waals surface area contributed by atoms with E-state index < -0.39 is 16.1 Å². The van der Waals surface area contributed by atoms with E-state index >= 15 is 0 Å². The molecule has 1 amide bonds. The number of amides is 1. The van der Waals surface area contributed by atoms with Crippen LogP contribution in [0.15, 0.2) is 81.9 Å². The van der Waals surface area contributed by atoms with E-state index in [4.69, 9.17) is 11.6 Å².